The lowest BCUT2D eigenvalue weighted by Crippen LogP contribution is -2.35. The van der Waals surface area contributed by atoms with Gasteiger partial charge < -0.3 is 15.0 Å². The summed E-state index contributed by atoms with van der Waals surface area (Å²) in [4.78, 5) is 33.9. The summed E-state index contributed by atoms with van der Waals surface area (Å²) in [6, 6.07) is 7.46. The molecule has 7 nitrogen and oxygen atoms in total. The normalized spacial score (nSPS) is 11.5. The van der Waals surface area contributed by atoms with E-state index in [1.807, 2.05) is 32.0 Å². The van der Waals surface area contributed by atoms with Crippen LogP contribution in [0.4, 0.5) is 11.6 Å². The van der Waals surface area contributed by atoms with Crippen LogP contribution in [0.15, 0.2) is 36.7 Å². The lowest BCUT2D eigenvalue weighted by atomic mass is 10.1. The second-order valence-electron chi connectivity index (χ2n) is 5.84. The lowest BCUT2D eigenvalue weighted by Gasteiger charge is -2.18. The Morgan fingerprint density at radius 3 is 2.60 bits per heavy atom. The van der Waals surface area contributed by atoms with E-state index in [2.05, 4.69) is 15.3 Å². The SMILES string of the molecule is Cc1ccc(C)c(NC(=O)C(C)OC(=O)CN(C)c2ncccn2)c1. The maximum absolute atomic E-state index is 12.2. The van der Waals surface area contributed by atoms with Crippen molar-refractivity contribution in [2.75, 3.05) is 23.8 Å². The summed E-state index contributed by atoms with van der Waals surface area (Å²) >= 11 is 0. The van der Waals surface area contributed by atoms with E-state index in [9.17, 15) is 9.59 Å². The van der Waals surface area contributed by atoms with E-state index in [0.717, 1.165) is 11.1 Å². The summed E-state index contributed by atoms with van der Waals surface area (Å²) in [5.74, 6) is -0.494. The maximum Gasteiger partial charge on any atom is 0.326 e. The van der Waals surface area contributed by atoms with Crippen molar-refractivity contribution in [3.8, 4) is 0 Å². The van der Waals surface area contributed by atoms with E-state index in [1.165, 1.54) is 6.92 Å². The molecule has 1 heterocycles. The average Bonchev–Trinajstić information content (AvgIpc) is 2.58. The number of carbonyl (C=O) groups excluding carboxylic acids is 2. The van der Waals surface area contributed by atoms with Crippen molar-refractivity contribution in [1.82, 2.24) is 9.97 Å². The molecule has 0 aliphatic carbocycles. The summed E-state index contributed by atoms with van der Waals surface area (Å²) in [6.45, 7) is 5.34. The van der Waals surface area contributed by atoms with Crippen molar-refractivity contribution in [2.24, 2.45) is 0 Å². The molecule has 0 fully saturated rings. The van der Waals surface area contributed by atoms with E-state index in [1.54, 1.807) is 30.4 Å². The molecular formula is C18H22N4O3. The van der Waals surface area contributed by atoms with Crippen LogP contribution in [0.2, 0.25) is 0 Å². The number of ether oxygens (including phenoxy) is 1. The van der Waals surface area contributed by atoms with Gasteiger partial charge in [-0.2, -0.15) is 0 Å². The number of nitrogens with zero attached hydrogens (tertiary/aromatic N) is 3. The van der Waals surface area contributed by atoms with Gasteiger partial charge in [-0.25, -0.2) is 9.97 Å². The Morgan fingerprint density at radius 2 is 1.92 bits per heavy atom. The van der Waals surface area contributed by atoms with Crippen LogP contribution in [0.25, 0.3) is 0 Å². The van der Waals surface area contributed by atoms with Crippen LogP contribution in [0.5, 0.6) is 0 Å². The van der Waals surface area contributed by atoms with Crippen molar-refractivity contribution >= 4 is 23.5 Å². The number of carbonyl (C=O) groups is 2. The fourth-order valence-corrected chi connectivity index (χ4v) is 2.15. The van der Waals surface area contributed by atoms with Gasteiger partial charge in [0.25, 0.3) is 5.91 Å². The molecule has 2 rings (SSSR count). The first-order chi connectivity index (χ1) is 11.9. The highest BCUT2D eigenvalue weighted by atomic mass is 16.5. The van der Waals surface area contributed by atoms with Crippen LogP contribution in [0, 0.1) is 13.8 Å². The third-order valence-corrected chi connectivity index (χ3v) is 3.59. The maximum atomic E-state index is 12.2. The van der Waals surface area contributed by atoms with Gasteiger partial charge in [0.05, 0.1) is 0 Å². The molecule has 1 amide bonds. The van der Waals surface area contributed by atoms with Crippen LogP contribution in [-0.2, 0) is 14.3 Å². The molecule has 0 aliphatic rings. The Labute approximate surface area is 147 Å². The minimum absolute atomic E-state index is 0.0505. The molecule has 1 unspecified atom stereocenters. The summed E-state index contributed by atoms with van der Waals surface area (Å²) in [7, 11) is 1.68. The third kappa shape index (κ3) is 5.27. The van der Waals surface area contributed by atoms with Gasteiger partial charge in [0.1, 0.15) is 6.54 Å². The number of aryl methyl sites for hydroxylation is 2. The zero-order valence-electron chi connectivity index (χ0n) is 14.8. The van der Waals surface area contributed by atoms with E-state index >= 15 is 0 Å². The van der Waals surface area contributed by atoms with Gasteiger partial charge in [-0.1, -0.05) is 12.1 Å². The van der Waals surface area contributed by atoms with E-state index in [4.69, 9.17) is 4.74 Å². The van der Waals surface area contributed by atoms with Gasteiger partial charge in [0, 0.05) is 25.1 Å². The Balaban J connectivity index is 1.90. The highest BCUT2D eigenvalue weighted by Crippen LogP contribution is 2.16. The topological polar surface area (TPSA) is 84.4 Å². The molecule has 25 heavy (non-hydrogen) atoms. The number of hydrogen-bond donors (Lipinski definition) is 1. The van der Waals surface area contributed by atoms with E-state index in [-0.39, 0.29) is 12.5 Å². The number of rotatable bonds is 6. The zero-order chi connectivity index (χ0) is 18.4. The van der Waals surface area contributed by atoms with Crippen molar-refractivity contribution in [2.45, 2.75) is 26.9 Å². The molecule has 0 spiro atoms. The highest BCUT2D eigenvalue weighted by molar-refractivity contribution is 5.95. The first kappa shape index (κ1) is 18.4. The smallest absolute Gasteiger partial charge is 0.326 e. The van der Waals surface area contributed by atoms with Crippen molar-refractivity contribution in [3.05, 3.63) is 47.8 Å². The van der Waals surface area contributed by atoms with Crippen LogP contribution in [-0.4, -0.2) is 41.5 Å². The number of benzene rings is 1. The Kier molecular flexibility index (Phi) is 6.05. The molecule has 1 aromatic carbocycles. The summed E-state index contributed by atoms with van der Waals surface area (Å²) in [5.41, 5.74) is 2.69. The van der Waals surface area contributed by atoms with E-state index in [0.29, 0.717) is 11.6 Å². The highest BCUT2D eigenvalue weighted by Gasteiger charge is 2.20. The van der Waals surface area contributed by atoms with E-state index < -0.39 is 12.1 Å². The fourth-order valence-electron chi connectivity index (χ4n) is 2.15. The van der Waals surface area contributed by atoms with Gasteiger partial charge in [-0.15, -0.1) is 0 Å². The van der Waals surface area contributed by atoms with Crippen molar-refractivity contribution in [3.63, 3.8) is 0 Å². The van der Waals surface area contributed by atoms with Gasteiger partial charge in [-0.3, -0.25) is 9.59 Å². The fraction of sp³-hybridized carbons (Fsp3) is 0.333. The summed E-state index contributed by atoms with van der Waals surface area (Å²) in [5, 5.41) is 2.79. The Morgan fingerprint density at radius 1 is 1.24 bits per heavy atom. The number of aromatic nitrogens is 2. The molecule has 1 N–H and O–H groups in total. The van der Waals surface area contributed by atoms with Crippen LogP contribution < -0.4 is 10.2 Å². The molecule has 0 radical (unpaired) electrons. The predicted octanol–water partition coefficient (Wildman–Crippen LogP) is 2.10. The standard InChI is InChI=1S/C18H22N4O3/c1-12-6-7-13(2)15(10-12)21-17(24)14(3)25-16(23)11-22(4)18-19-8-5-9-20-18/h5-10,14H,11H2,1-4H3,(H,21,24). The van der Waals surface area contributed by atoms with Gasteiger partial charge >= 0.3 is 5.97 Å². The van der Waals surface area contributed by atoms with Crippen molar-refractivity contribution < 1.29 is 14.3 Å². The predicted molar refractivity (Wildman–Crippen MR) is 95.4 cm³/mol. The minimum Gasteiger partial charge on any atom is -0.451 e. The molecule has 0 saturated heterocycles. The second-order valence-corrected chi connectivity index (χ2v) is 5.84. The minimum atomic E-state index is -0.905. The molecule has 0 aliphatic heterocycles. The molecule has 0 bridgehead atoms. The summed E-state index contributed by atoms with van der Waals surface area (Å²) < 4.78 is 5.20. The van der Waals surface area contributed by atoms with Crippen LogP contribution in [0.1, 0.15) is 18.1 Å². The molecule has 2 aromatic rings. The first-order valence-corrected chi connectivity index (χ1v) is 7.92. The third-order valence-electron chi connectivity index (χ3n) is 3.59. The van der Waals surface area contributed by atoms with Gasteiger partial charge in [0.15, 0.2) is 6.10 Å². The monoisotopic (exact) mass is 342 g/mol. The van der Waals surface area contributed by atoms with Crippen LogP contribution >= 0.6 is 0 Å². The Hall–Kier alpha value is -2.96. The number of hydrogen-bond acceptors (Lipinski definition) is 6. The number of likely N-dealkylation sites (N-methyl/N-ethyl adjacent to an activating group) is 1. The molecule has 7 heteroatoms. The number of nitrogens with one attached hydrogen (secondary N) is 1. The number of amides is 1. The molecule has 1 atom stereocenters. The quantitative estimate of drug-likeness (QED) is 0.809. The number of esters is 1. The molecule has 0 saturated carbocycles. The molecule has 132 valence electrons. The largest absolute Gasteiger partial charge is 0.451 e. The van der Waals surface area contributed by atoms with Crippen LogP contribution in [0.3, 0.4) is 0 Å². The molecule has 1 aromatic heterocycles. The van der Waals surface area contributed by atoms with Gasteiger partial charge in [-0.05, 0) is 44.0 Å². The second kappa shape index (κ2) is 8.23. The number of anilines is 2. The molecular weight excluding hydrogens is 320 g/mol. The Bertz CT molecular complexity index is 749. The average molecular weight is 342 g/mol. The van der Waals surface area contributed by atoms with Crippen molar-refractivity contribution in [1.29, 1.82) is 0 Å². The summed E-state index contributed by atoms with van der Waals surface area (Å²) in [6.07, 6.45) is 2.27. The zero-order valence-corrected chi connectivity index (χ0v) is 14.8. The van der Waals surface area contributed by atoms with Gasteiger partial charge in [0.2, 0.25) is 5.95 Å². The lowest BCUT2D eigenvalue weighted by molar-refractivity contribution is -0.151. The first-order valence-electron chi connectivity index (χ1n) is 7.92.